The van der Waals surface area contributed by atoms with Gasteiger partial charge in [-0.05, 0) is 48.2 Å². The van der Waals surface area contributed by atoms with Crippen molar-refractivity contribution in [2.75, 3.05) is 6.61 Å². The van der Waals surface area contributed by atoms with Gasteiger partial charge in [-0.15, -0.1) is 0 Å². The van der Waals surface area contributed by atoms with Gasteiger partial charge in [0.1, 0.15) is 0 Å². The highest BCUT2D eigenvalue weighted by atomic mass is 32.1. The standard InChI is InChI=1S/C22H22O2S/c1-4-24-22(23)20-13-11-18(12-14-20)6-5-17-7-9-19(10-8-17)15-21(25)16(2)3/h5-14H,2,4,15H2,1,3H3/b6-5+. The molecule has 2 aromatic carbocycles. The highest BCUT2D eigenvalue weighted by Gasteiger charge is 2.04. The Balaban J connectivity index is 2.00. The van der Waals surface area contributed by atoms with Crippen molar-refractivity contribution in [3.63, 3.8) is 0 Å². The summed E-state index contributed by atoms with van der Waals surface area (Å²) in [5, 5.41) is 0. The first-order valence-corrected chi connectivity index (χ1v) is 8.63. The van der Waals surface area contributed by atoms with Crippen LogP contribution in [0.1, 0.15) is 40.9 Å². The molecule has 128 valence electrons. The van der Waals surface area contributed by atoms with Crippen LogP contribution in [0.4, 0.5) is 0 Å². The number of ether oxygens (including phenoxy) is 1. The minimum absolute atomic E-state index is 0.290. The van der Waals surface area contributed by atoms with Crippen molar-refractivity contribution in [1.82, 2.24) is 0 Å². The molecule has 0 aliphatic heterocycles. The summed E-state index contributed by atoms with van der Waals surface area (Å²) in [5.74, 6) is -0.290. The monoisotopic (exact) mass is 350 g/mol. The van der Waals surface area contributed by atoms with E-state index in [1.165, 1.54) is 5.56 Å². The molecule has 0 heterocycles. The molecule has 0 N–H and O–H groups in total. The van der Waals surface area contributed by atoms with Crippen molar-refractivity contribution in [3.8, 4) is 0 Å². The van der Waals surface area contributed by atoms with Crippen LogP contribution in [0.25, 0.3) is 12.2 Å². The highest BCUT2D eigenvalue weighted by molar-refractivity contribution is 7.80. The number of carbonyl (C=O) groups is 1. The molecule has 25 heavy (non-hydrogen) atoms. The lowest BCUT2D eigenvalue weighted by atomic mass is 10.0. The first-order chi connectivity index (χ1) is 12.0. The molecule has 0 atom stereocenters. The summed E-state index contributed by atoms with van der Waals surface area (Å²) in [7, 11) is 0. The molecule has 0 saturated carbocycles. The Bertz CT molecular complexity index is 784. The van der Waals surface area contributed by atoms with Gasteiger partial charge >= 0.3 is 5.97 Å². The molecular formula is C22H22O2S. The van der Waals surface area contributed by atoms with Crippen LogP contribution in [0, 0.1) is 0 Å². The van der Waals surface area contributed by atoms with Gasteiger partial charge in [0, 0.05) is 11.3 Å². The summed E-state index contributed by atoms with van der Waals surface area (Å²) in [6, 6.07) is 15.7. The molecule has 0 bridgehead atoms. The van der Waals surface area contributed by atoms with Crippen LogP contribution in [0.5, 0.6) is 0 Å². The third kappa shape index (κ3) is 5.80. The molecule has 0 amide bonds. The Hall–Kier alpha value is -2.52. The highest BCUT2D eigenvalue weighted by Crippen LogP contribution is 2.13. The van der Waals surface area contributed by atoms with Crippen LogP contribution in [-0.4, -0.2) is 17.4 Å². The average Bonchev–Trinajstić information content (AvgIpc) is 2.61. The van der Waals surface area contributed by atoms with Gasteiger partial charge in [0.25, 0.3) is 0 Å². The largest absolute Gasteiger partial charge is 0.462 e. The molecule has 0 aliphatic carbocycles. The zero-order chi connectivity index (χ0) is 18.2. The summed E-state index contributed by atoms with van der Waals surface area (Å²) in [4.78, 5) is 12.5. The Morgan fingerprint density at radius 2 is 1.56 bits per heavy atom. The lowest BCUT2D eigenvalue weighted by Gasteiger charge is -2.04. The average molecular weight is 350 g/mol. The molecule has 0 spiro atoms. The summed E-state index contributed by atoms with van der Waals surface area (Å²) in [6.45, 7) is 8.00. The fraction of sp³-hybridized carbons (Fsp3) is 0.182. The van der Waals surface area contributed by atoms with Crippen LogP contribution in [0.2, 0.25) is 0 Å². The predicted molar refractivity (Wildman–Crippen MR) is 109 cm³/mol. The van der Waals surface area contributed by atoms with Gasteiger partial charge in [-0.1, -0.05) is 67.3 Å². The Morgan fingerprint density at radius 3 is 2.04 bits per heavy atom. The molecule has 0 aliphatic rings. The molecule has 0 aromatic heterocycles. The summed E-state index contributed by atoms with van der Waals surface area (Å²) in [6.07, 6.45) is 4.81. The second-order valence-corrected chi connectivity index (χ2v) is 6.29. The van der Waals surface area contributed by atoms with E-state index in [2.05, 4.69) is 30.8 Å². The third-order valence-corrected chi connectivity index (χ3v) is 4.20. The number of hydrogen-bond donors (Lipinski definition) is 0. The van der Waals surface area contributed by atoms with Gasteiger partial charge in [-0.25, -0.2) is 4.79 Å². The van der Waals surface area contributed by atoms with E-state index in [1.54, 1.807) is 19.1 Å². The van der Waals surface area contributed by atoms with E-state index in [1.807, 2.05) is 31.2 Å². The molecule has 0 unspecified atom stereocenters. The fourth-order valence-corrected chi connectivity index (χ4v) is 2.39. The molecule has 3 heteroatoms. The minimum Gasteiger partial charge on any atom is -0.462 e. The van der Waals surface area contributed by atoms with Crippen molar-refractivity contribution >= 4 is 35.2 Å². The molecule has 2 rings (SSSR count). The third-order valence-electron chi connectivity index (χ3n) is 3.71. The van der Waals surface area contributed by atoms with Crippen LogP contribution in [-0.2, 0) is 11.2 Å². The number of benzene rings is 2. The maximum absolute atomic E-state index is 11.6. The fourth-order valence-electron chi connectivity index (χ4n) is 2.22. The van der Waals surface area contributed by atoms with Crippen LogP contribution in [0.3, 0.4) is 0 Å². The summed E-state index contributed by atoms with van der Waals surface area (Å²) in [5.41, 5.74) is 4.84. The van der Waals surface area contributed by atoms with Gasteiger partial charge in [0.05, 0.1) is 12.2 Å². The second-order valence-electron chi connectivity index (χ2n) is 5.80. The second kappa shape index (κ2) is 9.09. The maximum atomic E-state index is 11.6. The first-order valence-electron chi connectivity index (χ1n) is 8.22. The summed E-state index contributed by atoms with van der Waals surface area (Å²) >= 11 is 5.31. The topological polar surface area (TPSA) is 26.3 Å². The molecule has 2 nitrogen and oxygen atoms in total. The molecule has 0 radical (unpaired) electrons. The van der Waals surface area contributed by atoms with Gasteiger partial charge in [0.2, 0.25) is 0 Å². The quantitative estimate of drug-likeness (QED) is 0.284. The zero-order valence-corrected chi connectivity index (χ0v) is 15.4. The van der Waals surface area contributed by atoms with Crippen molar-refractivity contribution in [2.24, 2.45) is 0 Å². The number of hydrogen-bond acceptors (Lipinski definition) is 3. The summed E-state index contributed by atoms with van der Waals surface area (Å²) < 4.78 is 4.98. The minimum atomic E-state index is -0.290. The smallest absolute Gasteiger partial charge is 0.338 e. The zero-order valence-electron chi connectivity index (χ0n) is 14.6. The van der Waals surface area contributed by atoms with Gasteiger partial charge < -0.3 is 4.74 Å². The van der Waals surface area contributed by atoms with Crippen LogP contribution in [0.15, 0.2) is 60.7 Å². The van der Waals surface area contributed by atoms with E-state index < -0.39 is 0 Å². The number of esters is 1. The number of carbonyl (C=O) groups excluding carboxylic acids is 1. The van der Waals surface area contributed by atoms with E-state index in [0.717, 1.165) is 28.0 Å². The van der Waals surface area contributed by atoms with Crippen molar-refractivity contribution in [3.05, 3.63) is 82.9 Å². The van der Waals surface area contributed by atoms with E-state index >= 15 is 0 Å². The van der Waals surface area contributed by atoms with E-state index in [-0.39, 0.29) is 5.97 Å². The Morgan fingerprint density at radius 1 is 1.04 bits per heavy atom. The molecule has 2 aromatic rings. The Kier molecular flexibility index (Phi) is 6.84. The predicted octanol–water partition coefficient (Wildman–Crippen LogP) is 5.52. The molecular weight excluding hydrogens is 328 g/mol. The number of rotatable bonds is 7. The number of thiocarbonyl (C=S) groups is 1. The van der Waals surface area contributed by atoms with Crippen molar-refractivity contribution in [2.45, 2.75) is 20.3 Å². The van der Waals surface area contributed by atoms with Crippen molar-refractivity contribution < 1.29 is 9.53 Å². The van der Waals surface area contributed by atoms with Crippen LogP contribution >= 0.6 is 12.2 Å². The van der Waals surface area contributed by atoms with E-state index in [0.29, 0.717) is 12.2 Å². The first kappa shape index (κ1) is 18.8. The Labute approximate surface area is 154 Å². The molecule has 0 fully saturated rings. The van der Waals surface area contributed by atoms with E-state index in [9.17, 15) is 4.79 Å². The lowest BCUT2D eigenvalue weighted by Crippen LogP contribution is -2.03. The maximum Gasteiger partial charge on any atom is 0.338 e. The number of allylic oxidation sites excluding steroid dienone is 1. The van der Waals surface area contributed by atoms with Crippen molar-refractivity contribution in [1.29, 1.82) is 0 Å². The molecule has 0 saturated heterocycles. The lowest BCUT2D eigenvalue weighted by molar-refractivity contribution is 0.0526. The van der Waals surface area contributed by atoms with E-state index in [4.69, 9.17) is 17.0 Å². The SMILES string of the molecule is C=C(C)C(=S)Cc1ccc(/C=C/c2ccc(C(=O)OCC)cc2)cc1. The van der Waals surface area contributed by atoms with Gasteiger partial charge in [-0.2, -0.15) is 0 Å². The van der Waals surface area contributed by atoms with Gasteiger partial charge in [-0.3, -0.25) is 0 Å². The van der Waals surface area contributed by atoms with Crippen LogP contribution < -0.4 is 0 Å². The van der Waals surface area contributed by atoms with Gasteiger partial charge in [0.15, 0.2) is 0 Å². The normalized spacial score (nSPS) is 10.6.